The van der Waals surface area contributed by atoms with E-state index < -0.39 is 0 Å². The first-order chi connectivity index (χ1) is 9.61. The van der Waals surface area contributed by atoms with Gasteiger partial charge in [-0.1, -0.05) is 31.7 Å². The van der Waals surface area contributed by atoms with E-state index in [4.69, 9.17) is 4.74 Å². The number of fused-ring (bicyclic) bond motifs is 1. The van der Waals surface area contributed by atoms with Crippen molar-refractivity contribution >= 4 is 5.57 Å². The number of rotatable bonds is 2. The Kier molecular flexibility index (Phi) is 3.43. The van der Waals surface area contributed by atoms with Crippen LogP contribution < -0.4 is 4.74 Å². The van der Waals surface area contributed by atoms with Crippen LogP contribution in [0.2, 0.25) is 0 Å². The van der Waals surface area contributed by atoms with Gasteiger partial charge in [-0.25, -0.2) is 0 Å². The molecule has 3 rings (SSSR count). The van der Waals surface area contributed by atoms with Crippen LogP contribution in [0.25, 0.3) is 5.57 Å². The highest BCUT2D eigenvalue weighted by Crippen LogP contribution is 2.44. The van der Waals surface area contributed by atoms with Gasteiger partial charge in [0.15, 0.2) is 0 Å². The molecule has 0 aliphatic carbocycles. The number of nitrogens with zero attached hydrogens (tertiary/aromatic N) is 1. The third kappa shape index (κ3) is 2.08. The number of likely N-dealkylation sites (tertiary alicyclic amines) is 1. The summed E-state index contributed by atoms with van der Waals surface area (Å²) in [5.41, 5.74) is 3.56. The Morgan fingerprint density at radius 3 is 2.95 bits per heavy atom. The fourth-order valence-electron chi connectivity index (χ4n) is 3.69. The molecule has 1 aromatic rings. The molecule has 2 atom stereocenters. The van der Waals surface area contributed by atoms with Gasteiger partial charge < -0.3 is 9.64 Å². The summed E-state index contributed by atoms with van der Waals surface area (Å²) >= 11 is 0. The van der Waals surface area contributed by atoms with Gasteiger partial charge in [-0.15, -0.1) is 0 Å². The molecule has 2 heterocycles. The SMILES string of the molecule is C=C1C=C(C)Oc2c1cccc2C1CCN(C)C1CC. The molecule has 20 heavy (non-hydrogen) atoms. The van der Waals surface area contributed by atoms with E-state index in [1.54, 1.807) is 0 Å². The van der Waals surface area contributed by atoms with Gasteiger partial charge in [-0.2, -0.15) is 0 Å². The average molecular weight is 269 g/mol. The van der Waals surface area contributed by atoms with Crippen LogP contribution in [0.1, 0.15) is 43.7 Å². The minimum absolute atomic E-state index is 0.568. The second-order valence-electron chi connectivity index (χ2n) is 5.96. The summed E-state index contributed by atoms with van der Waals surface area (Å²) in [5, 5.41) is 0. The maximum Gasteiger partial charge on any atom is 0.138 e. The second kappa shape index (κ2) is 5.10. The number of hydrogen-bond donors (Lipinski definition) is 0. The van der Waals surface area contributed by atoms with Crippen LogP contribution in [0.3, 0.4) is 0 Å². The summed E-state index contributed by atoms with van der Waals surface area (Å²) in [4.78, 5) is 2.48. The van der Waals surface area contributed by atoms with Crippen molar-refractivity contribution in [3.05, 3.63) is 47.7 Å². The standard InChI is InChI=1S/C18H23NO/c1-5-17-15(9-10-19(17)4)16-8-6-7-14-12(2)11-13(3)20-18(14)16/h6-8,11,15,17H,2,5,9-10H2,1,3-4H3. The lowest BCUT2D eigenvalue weighted by Gasteiger charge is -2.28. The predicted molar refractivity (Wildman–Crippen MR) is 83.9 cm³/mol. The Morgan fingerprint density at radius 1 is 1.40 bits per heavy atom. The van der Waals surface area contributed by atoms with E-state index in [0.717, 1.165) is 22.6 Å². The van der Waals surface area contributed by atoms with Gasteiger partial charge in [-0.05, 0) is 45.0 Å². The fraction of sp³-hybridized carbons (Fsp3) is 0.444. The Balaban J connectivity index is 2.05. The van der Waals surface area contributed by atoms with Gasteiger partial charge in [0.1, 0.15) is 11.5 Å². The molecule has 0 saturated carbocycles. The minimum atomic E-state index is 0.568. The van der Waals surface area contributed by atoms with E-state index >= 15 is 0 Å². The molecule has 106 valence electrons. The Hall–Kier alpha value is -1.54. The van der Waals surface area contributed by atoms with Crippen LogP contribution in [0.4, 0.5) is 0 Å². The molecule has 0 N–H and O–H groups in total. The highest BCUT2D eigenvalue weighted by molar-refractivity contribution is 5.79. The number of hydrogen-bond acceptors (Lipinski definition) is 2. The average Bonchev–Trinajstić information content (AvgIpc) is 2.79. The van der Waals surface area contributed by atoms with E-state index in [9.17, 15) is 0 Å². The molecule has 0 spiro atoms. The lowest BCUT2D eigenvalue weighted by molar-refractivity contribution is 0.288. The van der Waals surface area contributed by atoms with Crippen molar-refractivity contribution in [1.29, 1.82) is 0 Å². The largest absolute Gasteiger partial charge is 0.461 e. The topological polar surface area (TPSA) is 12.5 Å². The van der Waals surface area contributed by atoms with E-state index in [1.807, 2.05) is 13.0 Å². The first-order valence-electron chi connectivity index (χ1n) is 7.50. The van der Waals surface area contributed by atoms with Gasteiger partial charge in [0.25, 0.3) is 0 Å². The van der Waals surface area contributed by atoms with Crippen LogP contribution >= 0.6 is 0 Å². The first-order valence-corrected chi connectivity index (χ1v) is 7.50. The van der Waals surface area contributed by atoms with Gasteiger partial charge in [0, 0.05) is 23.1 Å². The van der Waals surface area contributed by atoms with Crippen molar-refractivity contribution in [2.75, 3.05) is 13.6 Å². The Bertz CT molecular complexity index is 573. The van der Waals surface area contributed by atoms with E-state index in [1.165, 1.54) is 24.9 Å². The molecule has 2 aliphatic rings. The molecule has 0 aromatic heterocycles. The highest BCUT2D eigenvalue weighted by Gasteiger charge is 2.34. The van der Waals surface area contributed by atoms with Gasteiger partial charge in [-0.3, -0.25) is 0 Å². The summed E-state index contributed by atoms with van der Waals surface area (Å²) in [6, 6.07) is 7.10. The quantitative estimate of drug-likeness (QED) is 0.798. The van der Waals surface area contributed by atoms with Crippen molar-refractivity contribution in [2.45, 2.75) is 38.6 Å². The fourth-order valence-corrected chi connectivity index (χ4v) is 3.69. The van der Waals surface area contributed by atoms with Gasteiger partial charge in [0.2, 0.25) is 0 Å². The highest BCUT2D eigenvalue weighted by atomic mass is 16.5. The van der Waals surface area contributed by atoms with Crippen molar-refractivity contribution in [1.82, 2.24) is 4.90 Å². The van der Waals surface area contributed by atoms with Crippen LogP contribution in [0.15, 0.2) is 36.6 Å². The number of ether oxygens (including phenoxy) is 1. The molecule has 2 aliphatic heterocycles. The number of para-hydroxylation sites is 1. The molecule has 1 saturated heterocycles. The van der Waals surface area contributed by atoms with Gasteiger partial charge >= 0.3 is 0 Å². The molecule has 0 amide bonds. The molecule has 0 radical (unpaired) electrons. The summed E-state index contributed by atoms with van der Waals surface area (Å²) in [6.07, 6.45) is 4.41. The van der Waals surface area contributed by atoms with Crippen LogP contribution in [0, 0.1) is 0 Å². The maximum atomic E-state index is 6.06. The maximum absolute atomic E-state index is 6.06. The molecular formula is C18H23NO. The molecule has 2 nitrogen and oxygen atoms in total. The number of likely N-dealkylation sites (N-methyl/N-ethyl adjacent to an activating group) is 1. The summed E-state index contributed by atoms with van der Waals surface area (Å²) in [7, 11) is 2.23. The van der Waals surface area contributed by atoms with Crippen LogP contribution in [-0.4, -0.2) is 24.5 Å². The smallest absolute Gasteiger partial charge is 0.138 e. The number of allylic oxidation sites excluding steroid dienone is 3. The molecule has 1 aromatic carbocycles. The van der Waals surface area contributed by atoms with Crippen molar-refractivity contribution < 1.29 is 4.74 Å². The zero-order valence-electron chi connectivity index (χ0n) is 12.6. The molecule has 2 heteroatoms. The van der Waals surface area contributed by atoms with Crippen molar-refractivity contribution in [3.63, 3.8) is 0 Å². The number of benzene rings is 1. The van der Waals surface area contributed by atoms with Gasteiger partial charge in [0.05, 0.1) is 0 Å². The molecule has 1 fully saturated rings. The molecular weight excluding hydrogens is 246 g/mol. The predicted octanol–water partition coefficient (Wildman–Crippen LogP) is 4.19. The second-order valence-corrected chi connectivity index (χ2v) is 5.96. The summed E-state index contributed by atoms with van der Waals surface area (Å²) in [5.74, 6) is 2.55. The molecule has 0 bridgehead atoms. The van der Waals surface area contributed by atoms with E-state index in [0.29, 0.717) is 12.0 Å². The Morgan fingerprint density at radius 2 is 2.20 bits per heavy atom. The minimum Gasteiger partial charge on any atom is -0.461 e. The van der Waals surface area contributed by atoms with Crippen molar-refractivity contribution in [2.24, 2.45) is 0 Å². The third-order valence-corrected chi connectivity index (χ3v) is 4.67. The Labute approximate surface area is 121 Å². The monoisotopic (exact) mass is 269 g/mol. The normalized spacial score (nSPS) is 26.1. The van der Waals surface area contributed by atoms with Crippen LogP contribution in [0.5, 0.6) is 5.75 Å². The van der Waals surface area contributed by atoms with Crippen LogP contribution in [-0.2, 0) is 0 Å². The lowest BCUT2D eigenvalue weighted by Crippen LogP contribution is -2.27. The zero-order chi connectivity index (χ0) is 14.3. The third-order valence-electron chi connectivity index (χ3n) is 4.67. The van der Waals surface area contributed by atoms with E-state index in [2.05, 4.69) is 43.6 Å². The van der Waals surface area contributed by atoms with E-state index in [-0.39, 0.29) is 0 Å². The lowest BCUT2D eigenvalue weighted by atomic mass is 9.87. The zero-order valence-corrected chi connectivity index (χ0v) is 12.6. The summed E-state index contributed by atoms with van der Waals surface area (Å²) in [6.45, 7) is 9.61. The summed E-state index contributed by atoms with van der Waals surface area (Å²) < 4.78 is 6.06. The van der Waals surface area contributed by atoms with Crippen molar-refractivity contribution in [3.8, 4) is 5.75 Å². The molecule has 2 unspecified atom stereocenters. The first kappa shape index (κ1) is 13.4.